The molecule has 0 N–H and O–H groups in total. The topological polar surface area (TPSA) is 59.2 Å². The summed E-state index contributed by atoms with van der Waals surface area (Å²) in [4.78, 5) is 21.9. The molecule has 1 aliphatic heterocycles. The summed E-state index contributed by atoms with van der Waals surface area (Å²) < 4.78 is 2.19. The number of anilines is 2. The van der Waals surface area contributed by atoms with E-state index in [2.05, 4.69) is 94.0 Å². The average Bonchev–Trinajstić information content (AvgIpc) is 3.47. The summed E-state index contributed by atoms with van der Waals surface area (Å²) in [6.07, 6.45) is 0. The van der Waals surface area contributed by atoms with Crippen LogP contribution in [0.3, 0.4) is 0 Å². The number of hydrogen-bond acceptors (Lipinski definition) is 5. The van der Waals surface area contributed by atoms with Gasteiger partial charge in [0.15, 0.2) is 11.6 Å². The first-order chi connectivity index (χ1) is 23.3. The number of fused-ring (bicyclic) bond motifs is 6. The number of para-hydroxylation sites is 3. The fourth-order valence-corrected chi connectivity index (χ4v) is 6.77. The molecule has 6 heteroatoms. The first-order valence-electron chi connectivity index (χ1n) is 15.6. The molecule has 1 aliphatic rings. The Morgan fingerprint density at radius 2 is 1.17 bits per heavy atom. The molecular weight excluding hydrogens is 576 g/mol. The molecule has 0 aliphatic carbocycles. The molecule has 0 atom stereocenters. The van der Waals surface area contributed by atoms with Gasteiger partial charge >= 0.3 is 0 Å². The highest BCUT2D eigenvalue weighted by atomic mass is 15.2. The van der Waals surface area contributed by atoms with Crippen molar-refractivity contribution in [2.75, 3.05) is 4.90 Å². The van der Waals surface area contributed by atoms with Crippen LogP contribution in [0.15, 0.2) is 151 Å². The largest absolute Gasteiger partial charge is 0.335 e. The lowest BCUT2D eigenvalue weighted by molar-refractivity contribution is 0.950. The van der Waals surface area contributed by atoms with E-state index in [1.807, 2.05) is 72.8 Å². The predicted molar refractivity (Wildman–Crippen MR) is 192 cm³/mol. The van der Waals surface area contributed by atoms with Crippen LogP contribution in [0.1, 0.15) is 5.56 Å². The van der Waals surface area contributed by atoms with Crippen LogP contribution in [-0.2, 0) is 6.54 Å². The van der Waals surface area contributed by atoms with Crippen molar-refractivity contribution < 1.29 is 0 Å². The predicted octanol–water partition coefficient (Wildman–Crippen LogP) is 9.95. The van der Waals surface area contributed by atoms with Gasteiger partial charge in [-0.05, 0) is 48.2 Å². The number of rotatable bonds is 5. The molecule has 0 fully saturated rings. The monoisotopic (exact) mass is 604 g/mol. The van der Waals surface area contributed by atoms with Crippen LogP contribution in [0.4, 0.5) is 17.1 Å². The molecule has 0 saturated carbocycles. The normalized spacial score (nSPS) is 12.2. The number of aromatic nitrogens is 4. The molecule has 3 heterocycles. The number of hydrogen-bond donors (Lipinski definition) is 0. The maximum absolute atomic E-state index is 5.12. The van der Waals surface area contributed by atoms with Crippen molar-refractivity contribution in [1.29, 1.82) is 0 Å². The molecule has 47 heavy (non-hydrogen) atoms. The molecule has 0 radical (unpaired) electrons. The first-order valence-corrected chi connectivity index (χ1v) is 15.6. The van der Waals surface area contributed by atoms with Crippen LogP contribution in [-0.4, -0.2) is 26.2 Å². The van der Waals surface area contributed by atoms with Gasteiger partial charge in [-0.1, -0.05) is 115 Å². The highest BCUT2D eigenvalue weighted by Gasteiger charge is 2.27. The summed E-state index contributed by atoms with van der Waals surface area (Å²) in [5, 5.41) is 2.25. The van der Waals surface area contributed by atoms with Crippen molar-refractivity contribution in [3.05, 3.63) is 151 Å². The third kappa shape index (κ3) is 4.42. The molecule has 6 aromatic carbocycles. The van der Waals surface area contributed by atoms with Crippen LogP contribution >= 0.6 is 0 Å². The second-order valence-corrected chi connectivity index (χ2v) is 11.6. The maximum atomic E-state index is 5.12. The quantitative estimate of drug-likeness (QED) is 0.184. The summed E-state index contributed by atoms with van der Waals surface area (Å²) in [6.45, 7) is 4.60. The van der Waals surface area contributed by atoms with Crippen molar-refractivity contribution in [2.45, 2.75) is 6.54 Å². The van der Waals surface area contributed by atoms with Crippen LogP contribution in [0, 0.1) is 0 Å². The highest BCUT2D eigenvalue weighted by molar-refractivity contribution is 6.13. The molecule has 6 nitrogen and oxygen atoms in total. The van der Waals surface area contributed by atoms with Crippen molar-refractivity contribution in [3.63, 3.8) is 0 Å². The van der Waals surface area contributed by atoms with Crippen molar-refractivity contribution in [1.82, 2.24) is 19.5 Å². The van der Waals surface area contributed by atoms with Gasteiger partial charge in [-0.3, -0.25) is 9.56 Å². The Hall–Kier alpha value is -6.40. The van der Waals surface area contributed by atoms with Gasteiger partial charge in [0.25, 0.3) is 0 Å². The van der Waals surface area contributed by atoms with Gasteiger partial charge in [-0.2, -0.15) is 9.97 Å². The van der Waals surface area contributed by atoms with E-state index in [0.29, 0.717) is 17.6 Å². The Balaban J connectivity index is 1.36. The van der Waals surface area contributed by atoms with E-state index in [1.54, 1.807) is 0 Å². The van der Waals surface area contributed by atoms with Gasteiger partial charge in [0.05, 0.1) is 28.1 Å². The van der Waals surface area contributed by atoms with Gasteiger partial charge in [-0.15, -0.1) is 0 Å². The third-order valence-corrected chi connectivity index (χ3v) is 8.95. The fourth-order valence-electron chi connectivity index (χ4n) is 6.77. The molecule has 8 aromatic rings. The molecule has 0 saturated heterocycles. The minimum atomic E-state index is 0.575. The molecule has 0 unspecified atom stereocenters. The highest BCUT2D eigenvalue weighted by Crippen LogP contribution is 2.48. The second kappa shape index (κ2) is 10.9. The van der Waals surface area contributed by atoms with E-state index in [4.69, 9.17) is 15.0 Å². The number of aliphatic imine (C=N–C) groups is 1. The molecule has 9 rings (SSSR count). The molecule has 2 aromatic heterocycles. The summed E-state index contributed by atoms with van der Waals surface area (Å²) in [7, 11) is 0. The number of nitrogens with zero attached hydrogens (tertiary/aromatic N) is 6. The summed E-state index contributed by atoms with van der Waals surface area (Å²) in [5.41, 5.74) is 10.5. The molecular formula is C41H28N6. The van der Waals surface area contributed by atoms with E-state index in [9.17, 15) is 0 Å². The van der Waals surface area contributed by atoms with Crippen molar-refractivity contribution >= 4 is 45.6 Å². The fraction of sp³-hybridized carbons (Fsp3) is 0.0244. The average molecular weight is 605 g/mol. The zero-order chi connectivity index (χ0) is 31.3. The third-order valence-electron chi connectivity index (χ3n) is 8.95. The van der Waals surface area contributed by atoms with Crippen LogP contribution < -0.4 is 4.90 Å². The van der Waals surface area contributed by atoms with Gasteiger partial charge in [0.2, 0.25) is 5.95 Å². The molecule has 0 amide bonds. The summed E-state index contributed by atoms with van der Waals surface area (Å²) >= 11 is 0. The van der Waals surface area contributed by atoms with Crippen molar-refractivity contribution in [3.8, 4) is 39.9 Å². The lowest BCUT2D eigenvalue weighted by atomic mass is 9.91. The van der Waals surface area contributed by atoms with Gasteiger partial charge in [-0.25, -0.2) is 4.98 Å². The molecule has 222 valence electrons. The minimum Gasteiger partial charge on any atom is -0.335 e. The zero-order valence-corrected chi connectivity index (χ0v) is 25.5. The van der Waals surface area contributed by atoms with Crippen molar-refractivity contribution in [2.24, 2.45) is 4.99 Å². The van der Waals surface area contributed by atoms with Crippen LogP contribution in [0.2, 0.25) is 0 Å². The van der Waals surface area contributed by atoms with Gasteiger partial charge in [0.1, 0.15) is 0 Å². The standard InChI is InChI=1S/C41H28N6/c1-42-34-21-11-13-23-36(34)46-26-29-18-8-9-19-30(29)32-25-38-33(24-37(32)46)31-20-10-12-22-35(31)47(38)41-44-39(27-14-4-2-5-15-27)43-40(45-41)28-16-6-3-7-17-28/h2-25H,1,26H2. The second-order valence-electron chi connectivity index (χ2n) is 11.6. The first kappa shape index (κ1) is 27.0. The lowest BCUT2D eigenvalue weighted by Crippen LogP contribution is -2.21. The summed E-state index contributed by atoms with van der Waals surface area (Å²) in [6, 6.07) is 50.2. The number of benzene rings is 6. The summed E-state index contributed by atoms with van der Waals surface area (Å²) in [5.74, 6) is 1.83. The Kier molecular flexibility index (Phi) is 6.25. The van der Waals surface area contributed by atoms with Crippen LogP contribution in [0.25, 0.3) is 61.7 Å². The lowest BCUT2D eigenvalue weighted by Gasteiger charge is -2.34. The SMILES string of the molecule is C=Nc1ccccc1N1Cc2ccccc2-c2cc3c(cc21)c1ccccc1n3-c1nc(-c2ccccc2)nc(-c2ccccc2)n1. The zero-order valence-electron chi connectivity index (χ0n) is 25.5. The van der Waals surface area contributed by atoms with Crippen LogP contribution in [0.5, 0.6) is 0 Å². The smallest absolute Gasteiger partial charge is 0.238 e. The van der Waals surface area contributed by atoms with E-state index in [1.165, 1.54) is 11.1 Å². The van der Waals surface area contributed by atoms with Gasteiger partial charge < -0.3 is 4.90 Å². The van der Waals surface area contributed by atoms with Gasteiger partial charge in [0, 0.05) is 34.0 Å². The van der Waals surface area contributed by atoms with E-state index < -0.39 is 0 Å². The Bertz CT molecular complexity index is 2410. The Morgan fingerprint density at radius 1 is 0.532 bits per heavy atom. The Morgan fingerprint density at radius 3 is 1.91 bits per heavy atom. The van der Waals surface area contributed by atoms with E-state index in [-0.39, 0.29) is 0 Å². The van der Waals surface area contributed by atoms with E-state index in [0.717, 1.165) is 62.1 Å². The van der Waals surface area contributed by atoms with E-state index >= 15 is 0 Å². The minimum absolute atomic E-state index is 0.575. The Labute approximate surface area is 272 Å². The molecule has 0 spiro atoms. The maximum Gasteiger partial charge on any atom is 0.238 e. The molecule has 0 bridgehead atoms.